The van der Waals surface area contributed by atoms with Gasteiger partial charge in [0.1, 0.15) is 0 Å². The third-order valence-electron chi connectivity index (χ3n) is 4.54. The van der Waals surface area contributed by atoms with Gasteiger partial charge in [-0.25, -0.2) is 13.6 Å². The van der Waals surface area contributed by atoms with Crippen molar-refractivity contribution in [2.24, 2.45) is 0 Å². The standard InChI is InChI=1S/C18H18F2N2O3/c19-14-8-4-7-13(15(14)20)11-22-17(24)16(23)21(18(22)25)10-9-12-5-2-1-3-6-12/h4-5,7-8H,1-3,6,9-11H2. The summed E-state index contributed by atoms with van der Waals surface area (Å²) in [5, 5.41) is 0. The van der Waals surface area contributed by atoms with E-state index in [9.17, 15) is 23.2 Å². The summed E-state index contributed by atoms with van der Waals surface area (Å²) in [6.07, 6.45) is 6.78. The minimum absolute atomic E-state index is 0.122. The first kappa shape index (κ1) is 17.3. The normalized spacial score (nSPS) is 18.2. The molecule has 4 amide bonds. The van der Waals surface area contributed by atoms with Gasteiger partial charge < -0.3 is 0 Å². The quantitative estimate of drug-likeness (QED) is 0.467. The van der Waals surface area contributed by atoms with Crippen LogP contribution in [0, 0.1) is 11.6 Å². The molecule has 1 aliphatic carbocycles. The van der Waals surface area contributed by atoms with Crippen LogP contribution >= 0.6 is 0 Å². The monoisotopic (exact) mass is 348 g/mol. The number of imide groups is 2. The van der Waals surface area contributed by atoms with Crippen molar-refractivity contribution in [3.63, 3.8) is 0 Å². The van der Waals surface area contributed by atoms with Crippen LogP contribution in [0.25, 0.3) is 0 Å². The Kier molecular flexibility index (Phi) is 4.92. The smallest absolute Gasteiger partial charge is 0.263 e. The lowest BCUT2D eigenvalue weighted by Gasteiger charge is -2.18. The number of halogens is 2. The first-order valence-corrected chi connectivity index (χ1v) is 8.27. The van der Waals surface area contributed by atoms with Gasteiger partial charge in [-0.15, -0.1) is 0 Å². The number of benzene rings is 1. The molecule has 25 heavy (non-hydrogen) atoms. The van der Waals surface area contributed by atoms with E-state index < -0.39 is 36.0 Å². The average Bonchev–Trinajstić information content (AvgIpc) is 2.81. The summed E-state index contributed by atoms with van der Waals surface area (Å²) in [4.78, 5) is 38.0. The number of rotatable bonds is 5. The van der Waals surface area contributed by atoms with Crippen molar-refractivity contribution in [2.75, 3.05) is 6.54 Å². The average molecular weight is 348 g/mol. The zero-order chi connectivity index (χ0) is 18.0. The molecule has 1 aliphatic heterocycles. The van der Waals surface area contributed by atoms with Gasteiger partial charge in [0.15, 0.2) is 11.6 Å². The van der Waals surface area contributed by atoms with Crippen molar-refractivity contribution in [3.8, 4) is 0 Å². The van der Waals surface area contributed by atoms with Gasteiger partial charge in [-0.3, -0.25) is 19.4 Å². The summed E-state index contributed by atoms with van der Waals surface area (Å²) in [7, 11) is 0. The molecule has 132 valence electrons. The Labute approximate surface area is 143 Å². The van der Waals surface area contributed by atoms with Gasteiger partial charge in [-0.2, -0.15) is 0 Å². The summed E-state index contributed by atoms with van der Waals surface area (Å²) in [5.74, 6) is -4.12. The summed E-state index contributed by atoms with van der Waals surface area (Å²) in [6, 6.07) is 2.73. The molecule has 1 saturated heterocycles. The molecule has 0 atom stereocenters. The number of nitrogens with zero attached hydrogens (tertiary/aromatic N) is 2. The first-order chi connectivity index (χ1) is 12.0. The molecule has 0 unspecified atom stereocenters. The van der Waals surface area contributed by atoms with E-state index in [0.717, 1.165) is 36.6 Å². The number of carbonyl (C=O) groups excluding carboxylic acids is 3. The molecule has 0 bridgehead atoms. The van der Waals surface area contributed by atoms with Crippen LogP contribution in [0.5, 0.6) is 0 Å². The third kappa shape index (κ3) is 3.45. The molecule has 1 fully saturated rings. The molecule has 1 aromatic rings. The Morgan fingerprint density at radius 3 is 2.48 bits per heavy atom. The van der Waals surface area contributed by atoms with Crippen LogP contribution in [0.1, 0.15) is 37.7 Å². The Morgan fingerprint density at radius 2 is 1.76 bits per heavy atom. The summed E-state index contributed by atoms with van der Waals surface area (Å²) < 4.78 is 27.0. The van der Waals surface area contributed by atoms with E-state index in [2.05, 4.69) is 6.08 Å². The van der Waals surface area contributed by atoms with Gasteiger partial charge in [0.25, 0.3) is 0 Å². The molecule has 5 nitrogen and oxygen atoms in total. The molecule has 0 N–H and O–H groups in total. The van der Waals surface area contributed by atoms with Crippen LogP contribution in [0.3, 0.4) is 0 Å². The second-order valence-corrected chi connectivity index (χ2v) is 6.20. The maximum absolute atomic E-state index is 13.8. The Bertz CT molecular complexity index is 761. The minimum atomic E-state index is -1.12. The highest BCUT2D eigenvalue weighted by molar-refractivity contribution is 6.44. The van der Waals surface area contributed by atoms with Crippen LogP contribution in [0.2, 0.25) is 0 Å². The predicted octanol–water partition coefficient (Wildman–Crippen LogP) is 3.15. The summed E-state index contributed by atoms with van der Waals surface area (Å²) >= 11 is 0. The van der Waals surface area contributed by atoms with Crippen LogP contribution in [0.4, 0.5) is 13.6 Å². The fraction of sp³-hybridized carbons (Fsp3) is 0.389. The SMILES string of the molecule is O=C1C(=O)N(Cc2cccc(F)c2F)C(=O)N1CCC1=CCCCC1. The van der Waals surface area contributed by atoms with Crippen molar-refractivity contribution < 1.29 is 23.2 Å². The van der Waals surface area contributed by atoms with Gasteiger partial charge in [0.05, 0.1) is 6.54 Å². The van der Waals surface area contributed by atoms with Gasteiger partial charge >= 0.3 is 17.8 Å². The lowest BCUT2D eigenvalue weighted by Crippen LogP contribution is -2.34. The van der Waals surface area contributed by atoms with Crippen LogP contribution in [0.15, 0.2) is 29.8 Å². The number of hydrogen-bond acceptors (Lipinski definition) is 3. The highest BCUT2D eigenvalue weighted by atomic mass is 19.2. The van der Waals surface area contributed by atoms with E-state index in [4.69, 9.17) is 0 Å². The highest BCUT2D eigenvalue weighted by Gasteiger charge is 2.44. The van der Waals surface area contributed by atoms with E-state index in [1.54, 1.807) is 0 Å². The van der Waals surface area contributed by atoms with E-state index in [-0.39, 0.29) is 12.1 Å². The lowest BCUT2D eigenvalue weighted by atomic mass is 9.97. The summed E-state index contributed by atoms with van der Waals surface area (Å²) in [6.45, 7) is -0.344. The Hall–Kier alpha value is -2.57. The van der Waals surface area contributed by atoms with Crippen molar-refractivity contribution in [1.29, 1.82) is 0 Å². The molecule has 0 saturated carbocycles. The largest absolute Gasteiger partial charge is 0.334 e. The fourth-order valence-corrected chi connectivity index (χ4v) is 3.12. The predicted molar refractivity (Wildman–Crippen MR) is 85.2 cm³/mol. The van der Waals surface area contributed by atoms with Crippen molar-refractivity contribution in [3.05, 3.63) is 47.0 Å². The van der Waals surface area contributed by atoms with Gasteiger partial charge in [0, 0.05) is 12.1 Å². The topological polar surface area (TPSA) is 57.7 Å². The number of carbonyl (C=O) groups is 3. The number of allylic oxidation sites excluding steroid dienone is 1. The Balaban J connectivity index is 1.70. The third-order valence-corrected chi connectivity index (χ3v) is 4.54. The lowest BCUT2D eigenvalue weighted by molar-refractivity contribution is -0.143. The second kappa shape index (κ2) is 7.13. The molecule has 0 aromatic heterocycles. The van der Waals surface area contributed by atoms with E-state index in [1.807, 2.05) is 0 Å². The molecule has 0 spiro atoms. The molecule has 1 aromatic carbocycles. The number of amides is 4. The molecule has 3 rings (SSSR count). The zero-order valence-corrected chi connectivity index (χ0v) is 13.6. The van der Waals surface area contributed by atoms with E-state index >= 15 is 0 Å². The second-order valence-electron chi connectivity index (χ2n) is 6.20. The fourth-order valence-electron chi connectivity index (χ4n) is 3.12. The summed E-state index contributed by atoms with van der Waals surface area (Å²) in [5.41, 5.74) is 1.03. The number of urea groups is 1. The molecular formula is C18H18F2N2O3. The van der Waals surface area contributed by atoms with Crippen LogP contribution in [-0.4, -0.2) is 34.2 Å². The highest BCUT2D eigenvalue weighted by Crippen LogP contribution is 2.23. The zero-order valence-electron chi connectivity index (χ0n) is 13.6. The van der Waals surface area contributed by atoms with Gasteiger partial charge in [-0.1, -0.05) is 23.8 Å². The van der Waals surface area contributed by atoms with Crippen molar-refractivity contribution in [2.45, 2.75) is 38.6 Å². The van der Waals surface area contributed by atoms with Gasteiger partial charge in [0.2, 0.25) is 0 Å². The first-order valence-electron chi connectivity index (χ1n) is 8.27. The van der Waals surface area contributed by atoms with Crippen LogP contribution in [-0.2, 0) is 16.1 Å². The van der Waals surface area contributed by atoms with E-state index in [0.29, 0.717) is 11.3 Å². The Morgan fingerprint density at radius 1 is 1.00 bits per heavy atom. The number of hydrogen-bond donors (Lipinski definition) is 0. The minimum Gasteiger partial charge on any atom is -0.263 e. The molecule has 7 heteroatoms. The molecular weight excluding hydrogens is 330 g/mol. The molecule has 0 radical (unpaired) electrons. The van der Waals surface area contributed by atoms with Crippen LogP contribution < -0.4 is 0 Å². The van der Waals surface area contributed by atoms with E-state index in [1.165, 1.54) is 17.7 Å². The van der Waals surface area contributed by atoms with Crippen molar-refractivity contribution >= 4 is 17.8 Å². The van der Waals surface area contributed by atoms with Gasteiger partial charge in [-0.05, 0) is 38.2 Å². The molecule has 2 aliphatic rings. The van der Waals surface area contributed by atoms with Crippen molar-refractivity contribution in [1.82, 2.24) is 9.80 Å². The molecule has 1 heterocycles. The maximum Gasteiger partial charge on any atom is 0.334 e. The maximum atomic E-state index is 13.8.